The van der Waals surface area contributed by atoms with Crippen LogP contribution in [0.2, 0.25) is 0 Å². The Morgan fingerprint density at radius 3 is 2.64 bits per heavy atom. The van der Waals surface area contributed by atoms with Gasteiger partial charge in [-0.3, -0.25) is 14.2 Å². The van der Waals surface area contributed by atoms with Crippen molar-refractivity contribution >= 4 is 34.1 Å². The molecule has 39 heavy (non-hydrogen) atoms. The van der Waals surface area contributed by atoms with E-state index >= 15 is 0 Å². The number of fused-ring (bicyclic) bond motifs is 1. The first-order chi connectivity index (χ1) is 18.9. The van der Waals surface area contributed by atoms with Crippen LogP contribution in [-0.4, -0.2) is 38.4 Å². The maximum absolute atomic E-state index is 14.1. The number of nitrogen functional groups attached to an aromatic ring is 2. The van der Waals surface area contributed by atoms with Crippen molar-refractivity contribution in [3.8, 4) is 17.5 Å². The minimum Gasteiger partial charge on any atom is -0.394 e. The Morgan fingerprint density at radius 2 is 1.87 bits per heavy atom. The summed E-state index contributed by atoms with van der Waals surface area (Å²) in [5, 5.41) is 4.58. The molecule has 3 heterocycles. The molecule has 5 N–H and O–H groups in total. The van der Waals surface area contributed by atoms with Gasteiger partial charge >= 0.3 is 0 Å². The third-order valence-corrected chi connectivity index (χ3v) is 6.87. The minimum atomic E-state index is -0.356. The number of aromatic nitrogens is 3. The molecule has 0 saturated carbocycles. The molecule has 4 aromatic rings. The lowest BCUT2D eigenvalue weighted by Crippen LogP contribution is -2.27. The Hall–Kier alpha value is -4.84. The molecule has 2 aromatic carbocycles. The van der Waals surface area contributed by atoms with Crippen LogP contribution in [0.3, 0.4) is 0 Å². The van der Waals surface area contributed by atoms with Crippen LogP contribution >= 0.6 is 0 Å². The largest absolute Gasteiger partial charge is 0.394 e. The van der Waals surface area contributed by atoms with Crippen molar-refractivity contribution in [1.29, 1.82) is 0 Å². The molecule has 0 bridgehead atoms. The second-order valence-electron chi connectivity index (χ2n) is 9.60. The van der Waals surface area contributed by atoms with Crippen molar-refractivity contribution < 1.29 is 4.79 Å². The SMILES string of the molecule is C[C@H](Nc1nc(N)ncc1N)c1cc2cccc(C#CCCC(=O)N3CCCC3)c2c(=O)n1-c1ccccc1. The number of likely N-dealkylation sites (tertiary alicyclic amines) is 1. The van der Waals surface area contributed by atoms with E-state index in [1.807, 2.05) is 66.4 Å². The molecule has 0 unspecified atom stereocenters. The van der Waals surface area contributed by atoms with Gasteiger partial charge in [0.2, 0.25) is 11.9 Å². The first kappa shape index (κ1) is 25.8. The van der Waals surface area contributed by atoms with Gasteiger partial charge in [0, 0.05) is 42.9 Å². The number of para-hydroxylation sites is 1. The van der Waals surface area contributed by atoms with Gasteiger partial charge in [-0.05, 0) is 49.4 Å². The molecular weight excluding hydrogens is 490 g/mol. The van der Waals surface area contributed by atoms with E-state index in [2.05, 4.69) is 27.1 Å². The Morgan fingerprint density at radius 1 is 1.10 bits per heavy atom. The van der Waals surface area contributed by atoms with Crippen molar-refractivity contribution in [2.45, 2.75) is 38.6 Å². The fraction of sp³-hybridized carbons (Fsp3) is 0.267. The third kappa shape index (κ3) is 5.55. The molecule has 0 radical (unpaired) electrons. The molecular formula is C30H31N7O2. The number of rotatable bonds is 6. The van der Waals surface area contributed by atoms with E-state index in [1.165, 1.54) is 6.20 Å². The van der Waals surface area contributed by atoms with Gasteiger partial charge in [-0.2, -0.15) is 4.98 Å². The summed E-state index contributed by atoms with van der Waals surface area (Å²) in [6.07, 6.45) is 4.42. The molecule has 0 aliphatic carbocycles. The van der Waals surface area contributed by atoms with E-state index in [4.69, 9.17) is 11.5 Å². The second kappa shape index (κ2) is 11.3. The third-order valence-electron chi connectivity index (χ3n) is 6.87. The van der Waals surface area contributed by atoms with Crippen molar-refractivity contribution in [3.63, 3.8) is 0 Å². The first-order valence-corrected chi connectivity index (χ1v) is 13.1. The van der Waals surface area contributed by atoms with E-state index in [1.54, 1.807) is 4.57 Å². The number of carbonyl (C=O) groups is 1. The fourth-order valence-electron chi connectivity index (χ4n) is 4.90. The number of nitrogens with two attached hydrogens (primary N) is 2. The van der Waals surface area contributed by atoms with E-state index in [9.17, 15) is 9.59 Å². The Bertz CT molecular complexity index is 1630. The summed E-state index contributed by atoms with van der Waals surface area (Å²) in [5.41, 5.74) is 14.1. The number of hydrogen-bond acceptors (Lipinski definition) is 7. The van der Waals surface area contributed by atoms with Gasteiger partial charge in [0.1, 0.15) is 0 Å². The van der Waals surface area contributed by atoms with E-state index in [-0.39, 0.29) is 23.5 Å². The predicted molar refractivity (Wildman–Crippen MR) is 154 cm³/mol. The summed E-state index contributed by atoms with van der Waals surface area (Å²) in [6.45, 7) is 3.60. The first-order valence-electron chi connectivity index (χ1n) is 13.1. The van der Waals surface area contributed by atoms with E-state index in [0.717, 1.165) is 42.7 Å². The van der Waals surface area contributed by atoms with Crippen LogP contribution in [0.5, 0.6) is 0 Å². The van der Waals surface area contributed by atoms with Gasteiger partial charge in [-0.25, -0.2) is 4.98 Å². The number of amides is 1. The zero-order valence-electron chi connectivity index (χ0n) is 21.9. The molecule has 198 valence electrons. The topological polar surface area (TPSA) is 132 Å². The lowest BCUT2D eigenvalue weighted by atomic mass is 10.0. The smallest absolute Gasteiger partial charge is 0.264 e. The van der Waals surface area contributed by atoms with Crippen molar-refractivity contribution in [3.05, 3.63) is 82.4 Å². The van der Waals surface area contributed by atoms with Crippen molar-refractivity contribution in [2.24, 2.45) is 0 Å². The van der Waals surface area contributed by atoms with Gasteiger partial charge in [-0.1, -0.05) is 42.2 Å². The summed E-state index contributed by atoms with van der Waals surface area (Å²) in [4.78, 5) is 36.5. The molecule has 2 aromatic heterocycles. The molecule has 1 saturated heterocycles. The lowest BCUT2D eigenvalue weighted by Gasteiger charge is -2.22. The average Bonchev–Trinajstić information content (AvgIpc) is 3.48. The van der Waals surface area contributed by atoms with Gasteiger partial charge in [-0.15, -0.1) is 0 Å². The summed E-state index contributed by atoms with van der Waals surface area (Å²) in [6, 6.07) is 16.7. The molecule has 1 amide bonds. The quantitative estimate of drug-likeness (QED) is 0.328. The Balaban J connectivity index is 1.53. The van der Waals surface area contributed by atoms with Crippen LogP contribution in [0.25, 0.3) is 16.5 Å². The fourth-order valence-corrected chi connectivity index (χ4v) is 4.90. The van der Waals surface area contributed by atoms with Gasteiger partial charge < -0.3 is 21.7 Å². The normalized spacial score (nSPS) is 13.6. The second-order valence-corrected chi connectivity index (χ2v) is 9.60. The minimum absolute atomic E-state index is 0.100. The number of nitrogens with zero attached hydrogens (tertiary/aromatic N) is 4. The summed E-state index contributed by atoms with van der Waals surface area (Å²) < 4.78 is 1.68. The number of carbonyl (C=O) groups excluding carboxylic acids is 1. The Kier molecular flexibility index (Phi) is 7.46. The standard InChI is InChI=1S/C30H31N7O2/c1-20(34-28-24(31)19-33-30(32)35-28)25-18-22-12-9-11-21(10-5-6-15-26(38)36-16-7-8-17-36)27(22)29(39)37(25)23-13-3-2-4-14-23/h2-4,9,11-14,18-20H,6-8,15-17,31H2,1H3,(H3,32,33,34,35)/t20-/m0/s1. The lowest BCUT2D eigenvalue weighted by molar-refractivity contribution is -0.129. The number of anilines is 3. The van der Waals surface area contributed by atoms with Crippen LogP contribution in [0.15, 0.2) is 65.6 Å². The molecule has 1 fully saturated rings. The molecule has 1 aliphatic rings. The monoisotopic (exact) mass is 521 g/mol. The zero-order valence-corrected chi connectivity index (χ0v) is 21.9. The van der Waals surface area contributed by atoms with Crippen LogP contribution < -0.4 is 22.3 Å². The molecule has 1 atom stereocenters. The van der Waals surface area contributed by atoms with Gasteiger partial charge in [0.15, 0.2) is 5.82 Å². The van der Waals surface area contributed by atoms with E-state index < -0.39 is 0 Å². The van der Waals surface area contributed by atoms with Crippen molar-refractivity contribution in [1.82, 2.24) is 19.4 Å². The van der Waals surface area contributed by atoms with Crippen LogP contribution in [0, 0.1) is 11.8 Å². The molecule has 0 spiro atoms. The van der Waals surface area contributed by atoms with Gasteiger partial charge in [0.05, 0.1) is 23.3 Å². The highest BCUT2D eigenvalue weighted by molar-refractivity contribution is 5.88. The molecule has 1 aliphatic heterocycles. The number of benzene rings is 2. The highest BCUT2D eigenvalue weighted by atomic mass is 16.2. The predicted octanol–water partition coefficient (Wildman–Crippen LogP) is 3.87. The number of nitrogens with one attached hydrogen (secondary N) is 1. The average molecular weight is 522 g/mol. The molecule has 9 nitrogen and oxygen atoms in total. The van der Waals surface area contributed by atoms with Crippen LogP contribution in [-0.2, 0) is 4.79 Å². The van der Waals surface area contributed by atoms with Gasteiger partial charge in [0.25, 0.3) is 5.56 Å². The van der Waals surface area contributed by atoms with Crippen LogP contribution in [0.4, 0.5) is 17.5 Å². The molecule has 5 rings (SSSR count). The zero-order chi connectivity index (χ0) is 27.4. The molecule has 9 heteroatoms. The maximum atomic E-state index is 14.1. The maximum Gasteiger partial charge on any atom is 0.264 e. The van der Waals surface area contributed by atoms with E-state index in [0.29, 0.717) is 35.3 Å². The summed E-state index contributed by atoms with van der Waals surface area (Å²) in [5.74, 6) is 6.91. The highest BCUT2D eigenvalue weighted by Crippen LogP contribution is 2.27. The Labute approximate surface area is 226 Å². The summed E-state index contributed by atoms with van der Waals surface area (Å²) >= 11 is 0. The van der Waals surface area contributed by atoms with Crippen molar-refractivity contribution in [2.75, 3.05) is 29.9 Å². The number of pyridine rings is 1. The number of hydrogen-bond donors (Lipinski definition) is 3. The highest BCUT2D eigenvalue weighted by Gasteiger charge is 2.19. The van der Waals surface area contributed by atoms with Crippen LogP contribution in [0.1, 0.15) is 49.9 Å². The summed E-state index contributed by atoms with van der Waals surface area (Å²) in [7, 11) is 0.